The van der Waals surface area contributed by atoms with Crippen LogP contribution in [0.4, 0.5) is 0 Å². The van der Waals surface area contributed by atoms with Crippen molar-refractivity contribution < 1.29 is 19.1 Å². The molecule has 0 aromatic heterocycles. The quantitative estimate of drug-likeness (QED) is 0.0254. The molecule has 0 spiro atoms. The molecule has 0 aliphatic heterocycles. The van der Waals surface area contributed by atoms with Gasteiger partial charge in [0.1, 0.15) is 13.2 Å². The standard InChI is InChI=1S/C76H120N2O4Si4/c1-51(2)83(52(3)4,53(5)6)71-40-69(41-72(44-71)84(54(7)8,55(9)10)56(11)12)75(79)81-49-67-35-31-64(32-36-67)46-77-39-25-26-63-27-29-65(30-28-63)47-78-48-66-33-37-68(38-34-66)50-82-76(80)70-42-73(85(57(13)14,58(15)16)59(17)18)45-74(43-70)86(60(19)20,61(21)22)62(23)24/h27-38,40-45,51-62,77-78H,25-26,39,46-50H2,1-24H3. The van der Waals surface area contributed by atoms with E-state index in [9.17, 15) is 9.59 Å². The van der Waals surface area contributed by atoms with Gasteiger partial charge < -0.3 is 20.1 Å². The minimum Gasteiger partial charge on any atom is -0.457 e. The van der Waals surface area contributed by atoms with Crippen molar-refractivity contribution in [2.45, 2.75) is 278 Å². The minimum atomic E-state index is -2.07. The number of aryl methyl sites for hydroxylation is 1. The third-order valence-corrected chi connectivity index (χ3v) is 49.5. The van der Waals surface area contributed by atoms with Crippen LogP contribution >= 0.6 is 0 Å². The first kappa shape index (κ1) is 72.6. The molecule has 0 saturated carbocycles. The highest BCUT2D eigenvalue weighted by Crippen LogP contribution is 2.46. The summed E-state index contributed by atoms with van der Waals surface area (Å²) in [6, 6.07) is 40.2. The molecule has 474 valence electrons. The average Bonchev–Trinajstić information content (AvgIpc) is 0.777. The van der Waals surface area contributed by atoms with Crippen LogP contribution in [0, 0.1) is 0 Å². The van der Waals surface area contributed by atoms with Gasteiger partial charge in [-0.05, 0) is 144 Å². The Morgan fingerprint density at radius 2 is 0.535 bits per heavy atom. The molecule has 0 saturated heterocycles. The largest absolute Gasteiger partial charge is 0.457 e. The summed E-state index contributed by atoms with van der Waals surface area (Å²) in [7, 11) is -8.27. The van der Waals surface area contributed by atoms with Gasteiger partial charge in [-0.3, -0.25) is 0 Å². The van der Waals surface area contributed by atoms with Crippen molar-refractivity contribution in [3.8, 4) is 0 Å². The summed E-state index contributed by atoms with van der Waals surface area (Å²) < 4.78 is 12.4. The summed E-state index contributed by atoms with van der Waals surface area (Å²) in [6.45, 7) is 61.8. The lowest BCUT2D eigenvalue weighted by atomic mass is 10.1. The van der Waals surface area contributed by atoms with E-state index in [1.807, 2.05) is 0 Å². The Hall–Kier alpha value is -4.17. The van der Waals surface area contributed by atoms with Crippen molar-refractivity contribution in [2.75, 3.05) is 6.54 Å². The maximum absolute atomic E-state index is 14.2. The fraction of sp³-hybridized carbons (Fsp3) is 0.579. The van der Waals surface area contributed by atoms with Crippen molar-refractivity contribution >= 4 is 65.0 Å². The maximum atomic E-state index is 14.2. The van der Waals surface area contributed by atoms with E-state index in [0.29, 0.717) is 66.5 Å². The van der Waals surface area contributed by atoms with Crippen molar-refractivity contribution in [1.29, 1.82) is 0 Å². The number of carbonyl (C=O) groups excluding carboxylic acids is 2. The third kappa shape index (κ3) is 15.7. The van der Waals surface area contributed by atoms with Crippen molar-refractivity contribution in [2.24, 2.45) is 0 Å². The molecular weight excluding hydrogens is 1120 g/mol. The van der Waals surface area contributed by atoms with E-state index in [1.165, 1.54) is 43.0 Å². The molecule has 6 nitrogen and oxygen atoms in total. The Morgan fingerprint density at radius 1 is 0.314 bits per heavy atom. The average molecular weight is 1240 g/mol. The molecule has 0 bridgehead atoms. The highest BCUT2D eigenvalue weighted by atomic mass is 28.3. The van der Waals surface area contributed by atoms with Gasteiger partial charge in [-0.2, -0.15) is 0 Å². The zero-order chi connectivity index (χ0) is 64.2. The molecule has 0 aliphatic rings. The fourth-order valence-electron chi connectivity index (χ4n) is 18.3. The van der Waals surface area contributed by atoms with Crippen molar-refractivity contribution in [3.05, 3.63) is 154 Å². The van der Waals surface area contributed by atoms with E-state index >= 15 is 0 Å². The Bertz CT molecular complexity index is 2730. The number of rotatable bonds is 32. The fourth-order valence-corrected chi connectivity index (χ4v) is 45.8. The van der Waals surface area contributed by atoms with Crippen molar-refractivity contribution in [1.82, 2.24) is 10.6 Å². The number of esters is 2. The van der Waals surface area contributed by atoms with Crippen LogP contribution in [-0.4, -0.2) is 50.8 Å². The zero-order valence-electron chi connectivity index (χ0n) is 58.6. The third-order valence-electron chi connectivity index (χ3n) is 21.4. The second-order valence-electron chi connectivity index (χ2n) is 29.7. The molecule has 0 radical (unpaired) electrons. The van der Waals surface area contributed by atoms with Crippen molar-refractivity contribution in [3.63, 3.8) is 0 Å². The Balaban J connectivity index is 1.11. The Kier molecular flexibility index (Phi) is 26.6. The van der Waals surface area contributed by atoms with Gasteiger partial charge in [0, 0.05) is 19.6 Å². The molecular formula is C76H120N2O4Si4. The first-order valence-corrected chi connectivity index (χ1v) is 42.6. The Morgan fingerprint density at radius 3 is 0.779 bits per heavy atom. The van der Waals surface area contributed by atoms with Crippen LogP contribution in [0.5, 0.6) is 0 Å². The highest BCUT2D eigenvalue weighted by Gasteiger charge is 2.50. The summed E-state index contributed by atoms with van der Waals surface area (Å²) in [6.07, 6.45) is 2.07. The van der Waals surface area contributed by atoms with Crippen LogP contribution in [0.25, 0.3) is 0 Å². The lowest BCUT2D eigenvalue weighted by molar-refractivity contribution is 0.0464. The van der Waals surface area contributed by atoms with Gasteiger partial charge in [0.2, 0.25) is 0 Å². The van der Waals surface area contributed by atoms with E-state index < -0.39 is 32.3 Å². The SMILES string of the molecule is CC(C)[Si](c1cc(C(=O)OCc2ccc(CNCCCc3ccc(CNCc4ccc(COC(=O)c5cc([Si](C(C)C)(C(C)C)C(C)C)cc([Si](C(C)C)(C(C)C)C(C)C)c5)cc4)cc3)cc2)cc([Si](C(C)C)(C(C)C)C(C)C)c1)(C(C)C)C(C)C. The summed E-state index contributed by atoms with van der Waals surface area (Å²) in [5, 5.41) is 13.0. The van der Waals surface area contributed by atoms with Gasteiger partial charge >= 0.3 is 11.9 Å². The molecule has 5 aromatic rings. The highest BCUT2D eigenvalue weighted by molar-refractivity contribution is 6.98. The van der Waals surface area contributed by atoms with Crippen LogP contribution in [0.15, 0.2) is 109 Å². The molecule has 5 rings (SSSR count). The number of benzene rings is 5. The second kappa shape index (κ2) is 31.5. The predicted molar refractivity (Wildman–Crippen MR) is 384 cm³/mol. The van der Waals surface area contributed by atoms with Gasteiger partial charge in [0.05, 0.1) is 43.4 Å². The van der Waals surface area contributed by atoms with Gasteiger partial charge in [0.15, 0.2) is 0 Å². The van der Waals surface area contributed by atoms with Gasteiger partial charge in [-0.1, -0.05) is 272 Å². The van der Waals surface area contributed by atoms with Crippen LogP contribution in [0.3, 0.4) is 0 Å². The molecule has 0 amide bonds. The molecule has 0 unspecified atom stereocenters. The van der Waals surface area contributed by atoms with E-state index in [2.05, 4.69) is 286 Å². The first-order valence-electron chi connectivity index (χ1n) is 33.7. The lowest BCUT2D eigenvalue weighted by Gasteiger charge is -2.47. The number of hydrogen-bond donors (Lipinski definition) is 2. The molecule has 5 aromatic carbocycles. The molecule has 0 atom stereocenters. The van der Waals surface area contributed by atoms with Gasteiger partial charge in [0.25, 0.3) is 0 Å². The number of nitrogens with one attached hydrogen (secondary N) is 2. The molecule has 0 fully saturated rings. The summed E-state index contributed by atoms with van der Waals surface area (Å²) in [5.74, 6) is -0.428. The van der Waals surface area contributed by atoms with Gasteiger partial charge in [-0.15, -0.1) is 0 Å². The Labute approximate surface area is 530 Å². The maximum Gasteiger partial charge on any atom is 0.338 e. The van der Waals surface area contributed by atoms with Crippen LogP contribution in [0.2, 0.25) is 66.5 Å². The lowest BCUT2D eigenvalue weighted by Crippen LogP contribution is -2.60. The summed E-state index contributed by atoms with van der Waals surface area (Å²) >= 11 is 0. The normalized spacial score (nSPS) is 13.1. The minimum absolute atomic E-state index is 0.212. The molecule has 2 N–H and O–H groups in total. The monoisotopic (exact) mass is 1240 g/mol. The number of carbonyl (C=O) groups is 2. The molecule has 86 heavy (non-hydrogen) atoms. The van der Waals surface area contributed by atoms with Gasteiger partial charge in [-0.25, -0.2) is 9.59 Å². The second-order valence-corrected chi connectivity index (χ2v) is 53.3. The predicted octanol–water partition coefficient (Wildman–Crippen LogP) is 19.0. The molecule has 10 heteroatoms. The van der Waals surface area contributed by atoms with E-state index in [1.54, 1.807) is 0 Å². The zero-order valence-corrected chi connectivity index (χ0v) is 62.6. The molecule has 0 heterocycles. The van der Waals surface area contributed by atoms with E-state index in [0.717, 1.165) is 61.3 Å². The smallest absolute Gasteiger partial charge is 0.338 e. The van der Waals surface area contributed by atoms with Crippen LogP contribution in [-0.2, 0) is 48.7 Å². The first-order chi connectivity index (χ1) is 40.4. The summed E-state index contributed by atoms with van der Waals surface area (Å²) in [4.78, 5) is 28.5. The summed E-state index contributed by atoms with van der Waals surface area (Å²) in [5.41, 5.74) is 14.9. The van der Waals surface area contributed by atoms with Crippen LogP contribution in [0.1, 0.15) is 227 Å². The topological polar surface area (TPSA) is 76.7 Å². The number of ether oxygens (including phenoxy) is 2. The molecule has 0 aliphatic carbocycles. The van der Waals surface area contributed by atoms with E-state index in [4.69, 9.17) is 9.47 Å². The van der Waals surface area contributed by atoms with Crippen LogP contribution < -0.4 is 31.4 Å². The number of hydrogen-bond acceptors (Lipinski definition) is 6. The van der Waals surface area contributed by atoms with E-state index in [-0.39, 0.29) is 25.2 Å².